The van der Waals surface area contributed by atoms with Crippen molar-refractivity contribution in [2.75, 3.05) is 0 Å². The van der Waals surface area contributed by atoms with Crippen LogP contribution in [0.5, 0.6) is 17.2 Å². The van der Waals surface area contributed by atoms with Crippen molar-refractivity contribution in [2.45, 2.75) is 76.0 Å². The van der Waals surface area contributed by atoms with Gasteiger partial charge >= 0.3 is 0 Å². The molecule has 0 aliphatic heterocycles. The quantitative estimate of drug-likeness (QED) is 0.285. The van der Waals surface area contributed by atoms with Gasteiger partial charge in [-0.05, 0) is 36.6 Å². The molecule has 0 atom stereocenters. The van der Waals surface area contributed by atoms with Crippen LogP contribution in [0, 0.1) is 0 Å². The van der Waals surface area contributed by atoms with Gasteiger partial charge in [0.2, 0.25) is 0 Å². The van der Waals surface area contributed by atoms with Crippen LogP contribution in [0.3, 0.4) is 0 Å². The van der Waals surface area contributed by atoms with Gasteiger partial charge in [0.05, 0.1) is 4.90 Å². The molecule has 0 saturated carbocycles. The fourth-order valence-electron chi connectivity index (χ4n) is 3.30. The summed E-state index contributed by atoms with van der Waals surface area (Å²) in [6.07, 6.45) is 11.8. The zero-order chi connectivity index (χ0) is 21.1. The maximum absolute atomic E-state index is 11.5. The standard InChI is InChI=1S/C23H32O5S/c1-2-3-4-5-6-7-8-9-10-12-19-15-16-22(29(25,26)27)18-23(19)28-21-14-11-13-20(24)17-21/h11,13-18,24H,2-10,12H2,1H3,(H,25,26,27). The third-order valence-corrected chi connectivity index (χ3v) is 5.78. The van der Waals surface area contributed by atoms with Crippen molar-refractivity contribution >= 4 is 10.1 Å². The maximum atomic E-state index is 11.5. The van der Waals surface area contributed by atoms with Gasteiger partial charge in [0.25, 0.3) is 10.1 Å². The largest absolute Gasteiger partial charge is 0.508 e. The summed E-state index contributed by atoms with van der Waals surface area (Å²) in [5.74, 6) is 0.852. The predicted octanol–water partition coefficient (Wildman–Crippen LogP) is 6.50. The van der Waals surface area contributed by atoms with Gasteiger partial charge in [0.1, 0.15) is 17.2 Å². The van der Waals surface area contributed by atoms with E-state index in [4.69, 9.17) is 4.74 Å². The van der Waals surface area contributed by atoms with Crippen LogP contribution in [0.25, 0.3) is 0 Å². The lowest BCUT2D eigenvalue weighted by molar-refractivity contribution is 0.449. The Kier molecular flexibility index (Phi) is 9.48. The van der Waals surface area contributed by atoms with E-state index < -0.39 is 10.1 Å². The zero-order valence-corrected chi connectivity index (χ0v) is 18.0. The molecule has 0 spiro atoms. The van der Waals surface area contributed by atoms with Crippen molar-refractivity contribution in [3.8, 4) is 17.2 Å². The van der Waals surface area contributed by atoms with Crippen LogP contribution in [-0.2, 0) is 16.5 Å². The minimum Gasteiger partial charge on any atom is -0.508 e. The topological polar surface area (TPSA) is 83.8 Å². The van der Waals surface area contributed by atoms with Crippen LogP contribution in [-0.4, -0.2) is 18.1 Å². The van der Waals surface area contributed by atoms with Crippen molar-refractivity contribution in [1.29, 1.82) is 0 Å². The molecule has 0 aliphatic rings. The number of hydrogen-bond acceptors (Lipinski definition) is 4. The Morgan fingerprint density at radius 3 is 2.14 bits per heavy atom. The van der Waals surface area contributed by atoms with E-state index in [9.17, 15) is 18.1 Å². The average molecular weight is 421 g/mol. The first-order valence-corrected chi connectivity index (χ1v) is 11.9. The van der Waals surface area contributed by atoms with E-state index >= 15 is 0 Å². The summed E-state index contributed by atoms with van der Waals surface area (Å²) in [7, 11) is -4.31. The lowest BCUT2D eigenvalue weighted by atomic mass is 10.0. The number of unbranched alkanes of at least 4 members (excludes halogenated alkanes) is 8. The molecule has 0 bridgehead atoms. The molecule has 0 fully saturated rings. The zero-order valence-electron chi connectivity index (χ0n) is 17.1. The van der Waals surface area contributed by atoms with Gasteiger partial charge in [-0.25, -0.2) is 0 Å². The number of hydrogen-bond donors (Lipinski definition) is 2. The second kappa shape index (κ2) is 11.8. The van der Waals surface area contributed by atoms with Crippen molar-refractivity contribution in [3.05, 3.63) is 48.0 Å². The Morgan fingerprint density at radius 1 is 0.862 bits per heavy atom. The smallest absolute Gasteiger partial charge is 0.294 e. The molecule has 0 radical (unpaired) electrons. The first-order valence-electron chi connectivity index (χ1n) is 10.5. The SMILES string of the molecule is CCCCCCCCCCCc1ccc(S(=O)(=O)O)cc1Oc1cccc(O)c1. The lowest BCUT2D eigenvalue weighted by Crippen LogP contribution is -2.00. The average Bonchev–Trinajstić information content (AvgIpc) is 2.67. The predicted molar refractivity (Wildman–Crippen MR) is 115 cm³/mol. The first-order chi connectivity index (χ1) is 13.9. The Morgan fingerprint density at radius 2 is 1.52 bits per heavy atom. The summed E-state index contributed by atoms with van der Waals surface area (Å²) in [6.45, 7) is 2.22. The molecule has 6 heteroatoms. The lowest BCUT2D eigenvalue weighted by Gasteiger charge is -2.13. The fraction of sp³-hybridized carbons (Fsp3) is 0.478. The molecular formula is C23H32O5S. The van der Waals surface area contributed by atoms with Gasteiger partial charge in [0, 0.05) is 12.1 Å². The van der Waals surface area contributed by atoms with Crippen LogP contribution in [0.2, 0.25) is 0 Å². The Labute approximate surface area is 174 Å². The Hall–Kier alpha value is -2.05. The summed E-state index contributed by atoms with van der Waals surface area (Å²) >= 11 is 0. The number of phenols is 1. The molecule has 0 unspecified atom stereocenters. The number of rotatable bonds is 13. The fourth-order valence-corrected chi connectivity index (χ4v) is 3.79. The molecular weight excluding hydrogens is 388 g/mol. The van der Waals surface area contributed by atoms with Crippen LogP contribution >= 0.6 is 0 Å². The van der Waals surface area contributed by atoms with Crippen molar-refractivity contribution < 1.29 is 22.8 Å². The van der Waals surface area contributed by atoms with Crippen LogP contribution in [0.15, 0.2) is 47.4 Å². The molecule has 160 valence electrons. The molecule has 2 aromatic carbocycles. The number of benzene rings is 2. The minimum absolute atomic E-state index is 0.0638. The van der Waals surface area contributed by atoms with E-state index in [0.717, 1.165) is 24.8 Å². The van der Waals surface area contributed by atoms with Gasteiger partial charge in [-0.15, -0.1) is 0 Å². The third-order valence-electron chi connectivity index (χ3n) is 4.93. The summed E-state index contributed by atoms with van der Waals surface area (Å²) in [6, 6.07) is 10.7. The van der Waals surface area contributed by atoms with E-state index in [-0.39, 0.29) is 10.6 Å². The van der Waals surface area contributed by atoms with Crippen LogP contribution < -0.4 is 4.74 Å². The number of phenolic OH excluding ortho intramolecular Hbond substituents is 1. The van der Waals surface area contributed by atoms with Gasteiger partial charge < -0.3 is 9.84 Å². The summed E-state index contributed by atoms with van der Waals surface area (Å²) < 4.78 is 38.1. The number of aromatic hydroxyl groups is 1. The molecule has 0 amide bonds. The molecule has 2 aromatic rings. The van der Waals surface area contributed by atoms with E-state index in [0.29, 0.717) is 11.5 Å². The second-order valence-electron chi connectivity index (χ2n) is 7.42. The van der Waals surface area contributed by atoms with E-state index in [1.807, 2.05) is 0 Å². The molecule has 0 heterocycles. The molecule has 0 saturated heterocycles. The van der Waals surface area contributed by atoms with Gasteiger partial charge in [0.15, 0.2) is 0 Å². The maximum Gasteiger partial charge on any atom is 0.294 e. The normalized spacial score (nSPS) is 11.5. The second-order valence-corrected chi connectivity index (χ2v) is 8.84. The highest BCUT2D eigenvalue weighted by Crippen LogP contribution is 2.31. The molecule has 0 aromatic heterocycles. The molecule has 5 nitrogen and oxygen atoms in total. The number of aryl methyl sites for hydroxylation is 1. The van der Waals surface area contributed by atoms with Crippen molar-refractivity contribution in [2.24, 2.45) is 0 Å². The molecule has 2 rings (SSSR count). The van der Waals surface area contributed by atoms with Crippen LogP contribution in [0.1, 0.15) is 70.3 Å². The summed E-state index contributed by atoms with van der Waals surface area (Å²) in [4.78, 5) is -0.205. The van der Waals surface area contributed by atoms with E-state index in [1.54, 1.807) is 18.2 Å². The van der Waals surface area contributed by atoms with E-state index in [2.05, 4.69) is 6.92 Å². The first kappa shape index (κ1) is 23.2. The van der Waals surface area contributed by atoms with Crippen molar-refractivity contribution in [1.82, 2.24) is 0 Å². The number of ether oxygens (including phenoxy) is 1. The van der Waals surface area contributed by atoms with Crippen LogP contribution in [0.4, 0.5) is 0 Å². The highest BCUT2D eigenvalue weighted by Gasteiger charge is 2.14. The highest BCUT2D eigenvalue weighted by atomic mass is 32.2. The summed E-state index contributed by atoms with van der Waals surface area (Å²) in [5, 5.41) is 9.62. The Balaban J connectivity index is 1.95. The van der Waals surface area contributed by atoms with E-state index in [1.165, 1.54) is 69.2 Å². The van der Waals surface area contributed by atoms with Gasteiger partial charge in [-0.3, -0.25) is 4.55 Å². The monoisotopic (exact) mass is 420 g/mol. The summed E-state index contributed by atoms with van der Waals surface area (Å²) in [5.41, 5.74) is 0.878. The highest BCUT2D eigenvalue weighted by molar-refractivity contribution is 7.85. The molecule has 2 N–H and O–H groups in total. The molecule has 29 heavy (non-hydrogen) atoms. The van der Waals surface area contributed by atoms with Gasteiger partial charge in [-0.2, -0.15) is 8.42 Å². The third kappa shape index (κ3) is 8.46. The molecule has 0 aliphatic carbocycles. The minimum atomic E-state index is -4.31. The van der Waals surface area contributed by atoms with Gasteiger partial charge in [-0.1, -0.05) is 70.4 Å². The van der Waals surface area contributed by atoms with Crippen molar-refractivity contribution in [3.63, 3.8) is 0 Å². The Bertz CT molecular complexity index is 861.